The molecule has 2 amide bonds. The summed E-state index contributed by atoms with van der Waals surface area (Å²) in [6.45, 7) is 6.76. The summed E-state index contributed by atoms with van der Waals surface area (Å²) in [5.74, 6) is 0.572. The van der Waals surface area contributed by atoms with Crippen LogP contribution in [0.5, 0.6) is 0 Å². The second-order valence-electron chi connectivity index (χ2n) is 8.77. The minimum atomic E-state index is -0.161. The molecule has 1 aliphatic rings. The van der Waals surface area contributed by atoms with Crippen LogP contribution in [-0.2, 0) is 4.79 Å². The molecule has 2 N–H and O–H groups in total. The number of nitrogens with one attached hydrogen (secondary N) is 2. The van der Waals surface area contributed by atoms with Gasteiger partial charge < -0.3 is 10.6 Å². The first-order valence-electron chi connectivity index (χ1n) is 11.2. The lowest BCUT2D eigenvalue weighted by Crippen LogP contribution is -2.39. The molecule has 4 rings (SSSR count). The zero-order valence-electron chi connectivity index (χ0n) is 18.6. The molecule has 32 heavy (non-hydrogen) atoms. The molecule has 2 aromatic carbocycles. The lowest BCUT2D eigenvalue weighted by atomic mass is 9.97. The molecule has 1 aromatic heterocycles. The molecule has 0 bridgehead atoms. The van der Waals surface area contributed by atoms with Gasteiger partial charge in [0.1, 0.15) is 0 Å². The van der Waals surface area contributed by atoms with Gasteiger partial charge in [-0.1, -0.05) is 38.1 Å². The highest BCUT2D eigenvalue weighted by Gasteiger charge is 2.24. The number of likely N-dealkylation sites (tertiary alicyclic amines) is 1. The third kappa shape index (κ3) is 5.53. The second kappa shape index (κ2) is 10.2. The summed E-state index contributed by atoms with van der Waals surface area (Å²) in [6.07, 6.45) is 2.00. The number of hydrogen-bond donors (Lipinski definition) is 2. The van der Waals surface area contributed by atoms with Crippen LogP contribution in [0.3, 0.4) is 0 Å². The molecule has 0 saturated carbocycles. The number of para-hydroxylation sites is 2. The second-order valence-corrected chi connectivity index (χ2v) is 9.83. The molecule has 0 aliphatic carbocycles. The van der Waals surface area contributed by atoms with Crippen LogP contribution >= 0.6 is 11.3 Å². The predicted molar refractivity (Wildman–Crippen MR) is 130 cm³/mol. The Morgan fingerprint density at radius 2 is 1.81 bits per heavy atom. The van der Waals surface area contributed by atoms with Gasteiger partial charge in [-0.15, -0.1) is 11.3 Å². The highest BCUT2D eigenvalue weighted by atomic mass is 32.1. The summed E-state index contributed by atoms with van der Waals surface area (Å²) in [5, 5.41) is 7.06. The van der Waals surface area contributed by atoms with Crippen molar-refractivity contribution in [1.82, 2.24) is 15.2 Å². The largest absolute Gasteiger partial charge is 0.352 e. The molecule has 6 nitrogen and oxygen atoms in total. The van der Waals surface area contributed by atoms with Gasteiger partial charge in [-0.25, -0.2) is 4.98 Å². The Kier molecular flexibility index (Phi) is 7.17. The predicted octanol–water partition coefficient (Wildman–Crippen LogP) is 4.50. The van der Waals surface area contributed by atoms with E-state index in [1.54, 1.807) is 23.5 Å². The molecule has 0 spiro atoms. The molecular formula is C25H30N4O2S. The number of thiazole rings is 1. The van der Waals surface area contributed by atoms with Crippen molar-refractivity contribution in [2.45, 2.75) is 32.6 Å². The number of aromatic nitrogens is 1. The highest BCUT2D eigenvalue weighted by molar-refractivity contribution is 7.18. The molecule has 7 heteroatoms. The van der Waals surface area contributed by atoms with E-state index in [4.69, 9.17) is 4.98 Å². The first kappa shape index (κ1) is 22.4. The maximum absolute atomic E-state index is 12.7. The molecule has 0 unspecified atom stereocenters. The number of piperidine rings is 1. The number of carbonyl (C=O) groups excluding carboxylic acids is 2. The smallest absolute Gasteiger partial charge is 0.253 e. The Morgan fingerprint density at radius 1 is 1.09 bits per heavy atom. The van der Waals surface area contributed by atoms with E-state index in [2.05, 4.69) is 33.7 Å². The average Bonchev–Trinajstić information content (AvgIpc) is 3.22. The van der Waals surface area contributed by atoms with E-state index < -0.39 is 0 Å². The van der Waals surface area contributed by atoms with Crippen molar-refractivity contribution >= 4 is 39.1 Å². The van der Waals surface area contributed by atoms with Gasteiger partial charge >= 0.3 is 0 Å². The Labute approximate surface area is 193 Å². The highest BCUT2D eigenvalue weighted by Crippen LogP contribution is 2.33. The van der Waals surface area contributed by atoms with Crippen LogP contribution in [0.25, 0.3) is 10.2 Å². The number of benzene rings is 2. The number of amides is 2. The van der Waals surface area contributed by atoms with Crippen LogP contribution in [-0.4, -0.2) is 47.9 Å². The quantitative estimate of drug-likeness (QED) is 0.556. The molecule has 0 atom stereocenters. The fraction of sp³-hybridized carbons (Fsp3) is 0.400. The van der Waals surface area contributed by atoms with Gasteiger partial charge in [0.15, 0.2) is 0 Å². The van der Waals surface area contributed by atoms with Gasteiger partial charge in [0.25, 0.3) is 5.91 Å². The van der Waals surface area contributed by atoms with E-state index in [9.17, 15) is 9.59 Å². The third-order valence-corrected chi connectivity index (χ3v) is 6.93. The molecule has 3 aromatic rings. The number of nitrogens with zero attached hydrogens (tertiary/aromatic N) is 2. The minimum Gasteiger partial charge on any atom is -0.352 e. The van der Waals surface area contributed by atoms with Crippen molar-refractivity contribution in [3.63, 3.8) is 0 Å². The van der Waals surface area contributed by atoms with Crippen molar-refractivity contribution in [3.05, 3.63) is 59.1 Å². The number of anilines is 1. The molecule has 1 saturated heterocycles. The van der Waals surface area contributed by atoms with Crippen LogP contribution in [0.1, 0.15) is 48.0 Å². The lowest BCUT2D eigenvalue weighted by molar-refractivity contribution is -0.117. The third-order valence-electron chi connectivity index (χ3n) is 5.73. The van der Waals surface area contributed by atoms with Crippen molar-refractivity contribution < 1.29 is 9.59 Å². The Bertz CT molecular complexity index is 1050. The maximum atomic E-state index is 12.7. The van der Waals surface area contributed by atoms with Crippen molar-refractivity contribution in [2.75, 3.05) is 31.5 Å². The normalized spacial score (nSPS) is 15.2. The SMILES string of the molecule is CC(C)CNC(=O)c1ccccc1NC(=O)CN1CCC(c2nc3ccccc3s2)CC1. The zero-order valence-corrected chi connectivity index (χ0v) is 19.5. The van der Waals surface area contributed by atoms with Crippen molar-refractivity contribution in [1.29, 1.82) is 0 Å². The van der Waals surface area contributed by atoms with Crippen LogP contribution in [0.2, 0.25) is 0 Å². The van der Waals surface area contributed by atoms with E-state index in [0.29, 0.717) is 36.2 Å². The summed E-state index contributed by atoms with van der Waals surface area (Å²) in [7, 11) is 0. The molecule has 1 aliphatic heterocycles. The number of carbonyl (C=O) groups is 2. The zero-order chi connectivity index (χ0) is 22.5. The number of rotatable bonds is 7. The van der Waals surface area contributed by atoms with Gasteiger partial charge in [-0.3, -0.25) is 14.5 Å². The van der Waals surface area contributed by atoms with Crippen molar-refractivity contribution in [3.8, 4) is 0 Å². The summed E-state index contributed by atoms with van der Waals surface area (Å²) in [4.78, 5) is 32.2. The standard InChI is InChI=1S/C25H30N4O2S/c1-17(2)15-26-24(31)19-7-3-4-8-20(19)27-23(30)16-29-13-11-18(12-14-29)25-28-21-9-5-6-10-22(21)32-25/h3-10,17-18H,11-16H2,1-2H3,(H,26,31)(H,27,30). The fourth-order valence-electron chi connectivity index (χ4n) is 3.98. The van der Waals surface area contributed by atoms with Crippen LogP contribution in [0.15, 0.2) is 48.5 Å². The molecule has 0 radical (unpaired) electrons. The average molecular weight is 451 g/mol. The number of fused-ring (bicyclic) bond motifs is 1. The topological polar surface area (TPSA) is 74.3 Å². The maximum Gasteiger partial charge on any atom is 0.253 e. The van der Waals surface area contributed by atoms with E-state index in [1.807, 2.05) is 32.0 Å². The molecule has 1 fully saturated rings. The Morgan fingerprint density at radius 3 is 2.56 bits per heavy atom. The van der Waals surface area contributed by atoms with Crippen LogP contribution in [0.4, 0.5) is 5.69 Å². The Hall–Kier alpha value is -2.77. The first-order chi connectivity index (χ1) is 15.5. The summed E-state index contributed by atoms with van der Waals surface area (Å²) < 4.78 is 1.24. The molecule has 2 heterocycles. The van der Waals surface area contributed by atoms with E-state index in [1.165, 1.54) is 9.71 Å². The Balaban J connectivity index is 1.30. The van der Waals surface area contributed by atoms with E-state index >= 15 is 0 Å². The van der Waals surface area contributed by atoms with Crippen LogP contribution in [0, 0.1) is 5.92 Å². The van der Waals surface area contributed by atoms with Gasteiger partial charge in [-0.05, 0) is 56.1 Å². The fourth-order valence-corrected chi connectivity index (χ4v) is 5.11. The van der Waals surface area contributed by atoms with Crippen molar-refractivity contribution in [2.24, 2.45) is 5.92 Å². The number of hydrogen-bond acceptors (Lipinski definition) is 5. The van der Waals surface area contributed by atoms with Crippen LogP contribution < -0.4 is 10.6 Å². The monoisotopic (exact) mass is 450 g/mol. The van der Waals surface area contributed by atoms with Gasteiger partial charge in [0.05, 0.1) is 33.0 Å². The van der Waals surface area contributed by atoms with Gasteiger partial charge in [0, 0.05) is 12.5 Å². The van der Waals surface area contributed by atoms with Gasteiger partial charge in [-0.2, -0.15) is 0 Å². The van der Waals surface area contributed by atoms with Gasteiger partial charge in [0.2, 0.25) is 5.91 Å². The summed E-state index contributed by atoms with van der Waals surface area (Å²) in [6, 6.07) is 15.4. The van der Waals surface area contributed by atoms with E-state index in [0.717, 1.165) is 31.4 Å². The minimum absolute atomic E-state index is 0.0902. The van der Waals surface area contributed by atoms with E-state index in [-0.39, 0.29) is 11.8 Å². The molecule has 168 valence electrons. The lowest BCUT2D eigenvalue weighted by Gasteiger charge is -2.30. The first-order valence-corrected chi connectivity index (χ1v) is 12.1. The summed E-state index contributed by atoms with van der Waals surface area (Å²) >= 11 is 1.78. The summed E-state index contributed by atoms with van der Waals surface area (Å²) in [5.41, 5.74) is 2.13. The molecular weight excluding hydrogens is 420 g/mol.